The van der Waals surface area contributed by atoms with Gasteiger partial charge in [-0.15, -0.1) is 23.2 Å². The average molecular weight is 549 g/mol. The Hall–Kier alpha value is -2.70. The molecule has 2 aromatic carbocycles. The van der Waals surface area contributed by atoms with Gasteiger partial charge in [0.1, 0.15) is 21.7 Å². The number of carbonyl (C=O) groups is 3. The molecule has 3 amide bonds. The maximum Gasteiger partial charge on any atom is 0.471 e. The Balaban J connectivity index is 1.86. The van der Waals surface area contributed by atoms with Crippen molar-refractivity contribution >= 4 is 69.6 Å². The Morgan fingerprint density at radius 3 is 2.15 bits per heavy atom. The molecular formula is C19H10Cl3F6N3O3. The van der Waals surface area contributed by atoms with Gasteiger partial charge in [-0.05, 0) is 30.7 Å². The largest absolute Gasteiger partial charge is 0.471 e. The number of halogens is 9. The second kappa shape index (κ2) is 9.16. The summed E-state index contributed by atoms with van der Waals surface area (Å²) in [5.41, 5.74) is -3.28. The molecule has 3 N–H and O–H groups in total. The van der Waals surface area contributed by atoms with Crippen LogP contribution in [0.5, 0.6) is 0 Å². The van der Waals surface area contributed by atoms with Crippen LogP contribution >= 0.6 is 34.8 Å². The van der Waals surface area contributed by atoms with Crippen molar-refractivity contribution in [2.45, 2.75) is 16.9 Å². The highest BCUT2D eigenvalue weighted by Crippen LogP contribution is 2.53. The van der Waals surface area contributed by atoms with Gasteiger partial charge in [0, 0.05) is 5.69 Å². The first kappa shape index (κ1) is 25.9. The number of carbonyl (C=O) groups excluding carboxylic acids is 3. The molecule has 15 heteroatoms. The molecule has 1 aliphatic carbocycles. The predicted molar refractivity (Wildman–Crippen MR) is 112 cm³/mol. The van der Waals surface area contributed by atoms with Gasteiger partial charge in [0.05, 0.1) is 22.2 Å². The smallest absolute Gasteiger partial charge is 0.326 e. The van der Waals surface area contributed by atoms with Crippen molar-refractivity contribution in [2.24, 2.45) is 5.92 Å². The molecule has 34 heavy (non-hydrogen) atoms. The van der Waals surface area contributed by atoms with Crippen molar-refractivity contribution in [3.05, 3.63) is 52.3 Å². The summed E-state index contributed by atoms with van der Waals surface area (Å²) in [6.07, 6.45) is -5.24. The van der Waals surface area contributed by atoms with E-state index >= 15 is 0 Å². The van der Waals surface area contributed by atoms with Crippen LogP contribution < -0.4 is 16.0 Å². The summed E-state index contributed by atoms with van der Waals surface area (Å²) < 4.78 is 78.8. The van der Waals surface area contributed by atoms with E-state index in [0.29, 0.717) is 12.1 Å². The zero-order valence-corrected chi connectivity index (χ0v) is 18.5. The van der Waals surface area contributed by atoms with Gasteiger partial charge in [-0.25, -0.2) is 13.2 Å². The molecule has 1 atom stereocenters. The SMILES string of the molecule is O=C(Nc1c(F)ccc(NC(=O)C(F)(F)F)c1F)c1cc(NC(=O)C2CC2(Cl)Cl)cc(F)c1Cl. The molecule has 1 fully saturated rings. The minimum atomic E-state index is -5.37. The Labute approximate surface area is 201 Å². The summed E-state index contributed by atoms with van der Waals surface area (Å²) in [6.45, 7) is 0. The van der Waals surface area contributed by atoms with Crippen LogP contribution in [0, 0.1) is 23.4 Å². The number of anilines is 3. The molecule has 0 aliphatic heterocycles. The topological polar surface area (TPSA) is 87.3 Å². The summed E-state index contributed by atoms with van der Waals surface area (Å²) in [5.74, 6) is -9.78. The van der Waals surface area contributed by atoms with Crippen LogP contribution in [0.4, 0.5) is 43.4 Å². The molecular weight excluding hydrogens is 539 g/mol. The van der Waals surface area contributed by atoms with E-state index in [9.17, 15) is 40.7 Å². The van der Waals surface area contributed by atoms with Gasteiger partial charge in [0.2, 0.25) is 5.91 Å². The summed E-state index contributed by atoms with van der Waals surface area (Å²) >= 11 is 17.3. The van der Waals surface area contributed by atoms with Crippen molar-refractivity contribution in [2.75, 3.05) is 16.0 Å². The molecule has 1 unspecified atom stereocenters. The summed E-state index contributed by atoms with van der Waals surface area (Å²) in [5, 5.41) is 4.39. The van der Waals surface area contributed by atoms with Crippen molar-refractivity contribution in [3.63, 3.8) is 0 Å². The zero-order chi connectivity index (χ0) is 25.6. The summed E-state index contributed by atoms with van der Waals surface area (Å²) in [7, 11) is 0. The maximum atomic E-state index is 14.5. The van der Waals surface area contributed by atoms with Gasteiger partial charge >= 0.3 is 12.1 Å². The monoisotopic (exact) mass is 547 g/mol. The first-order chi connectivity index (χ1) is 15.6. The van der Waals surface area contributed by atoms with E-state index in [1.165, 1.54) is 5.32 Å². The molecule has 1 aliphatic rings. The van der Waals surface area contributed by atoms with E-state index in [-0.39, 0.29) is 12.1 Å². The molecule has 3 rings (SSSR count). The second-order valence-electron chi connectivity index (χ2n) is 7.02. The fourth-order valence-electron chi connectivity index (χ4n) is 2.69. The van der Waals surface area contributed by atoms with E-state index in [1.54, 1.807) is 5.32 Å². The Bertz CT molecular complexity index is 1210. The molecule has 0 bridgehead atoms. The third-order valence-corrected chi connectivity index (χ3v) is 5.74. The minimum absolute atomic E-state index is 0.130. The first-order valence-corrected chi connectivity index (χ1v) is 10.1. The minimum Gasteiger partial charge on any atom is -0.326 e. The molecule has 1 saturated carbocycles. The van der Waals surface area contributed by atoms with E-state index in [0.717, 1.165) is 12.1 Å². The van der Waals surface area contributed by atoms with Gasteiger partial charge in [0.25, 0.3) is 5.91 Å². The van der Waals surface area contributed by atoms with Crippen LogP contribution in [0.15, 0.2) is 24.3 Å². The van der Waals surface area contributed by atoms with Crippen LogP contribution in [0.2, 0.25) is 5.02 Å². The van der Waals surface area contributed by atoms with Gasteiger partial charge in [-0.1, -0.05) is 11.6 Å². The highest BCUT2D eigenvalue weighted by molar-refractivity contribution is 6.52. The van der Waals surface area contributed by atoms with Crippen LogP contribution in [-0.2, 0) is 9.59 Å². The van der Waals surface area contributed by atoms with Crippen LogP contribution in [0.3, 0.4) is 0 Å². The number of hydrogen-bond donors (Lipinski definition) is 3. The maximum absolute atomic E-state index is 14.5. The number of alkyl halides is 5. The van der Waals surface area contributed by atoms with Gasteiger partial charge in [-0.3, -0.25) is 14.4 Å². The number of amides is 3. The molecule has 182 valence electrons. The fourth-order valence-corrected chi connectivity index (χ4v) is 3.39. The number of rotatable bonds is 5. The van der Waals surface area contributed by atoms with Gasteiger partial charge in [0.15, 0.2) is 5.82 Å². The lowest BCUT2D eigenvalue weighted by Crippen LogP contribution is -2.30. The standard InChI is InChI=1S/C19H10Cl3F6N3O3/c20-12-7(3-6(4-10(12)24)29-16(33)8-5-18(8,21)22)15(32)31-14-9(23)1-2-11(13(14)25)30-17(34)19(26,27)28/h1-4,8H,5H2,(H,29,33)(H,30,34)(H,31,32). The first-order valence-electron chi connectivity index (χ1n) is 8.97. The van der Waals surface area contributed by atoms with E-state index in [4.69, 9.17) is 34.8 Å². The quantitative estimate of drug-likeness (QED) is 0.334. The van der Waals surface area contributed by atoms with E-state index in [2.05, 4.69) is 5.32 Å². The summed E-state index contributed by atoms with van der Waals surface area (Å²) in [4.78, 5) is 35.7. The number of benzene rings is 2. The zero-order valence-electron chi connectivity index (χ0n) is 16.2. The van der Waals surface area contributed by atoms with Crippen LogP contribution in [-0.4, -0.2) is 28.2 Å². The Morgan fingerprint density at radius 1 is 0.971 bits per heavy atom. The van der Waals surface area contributed by atoms with Crippen molar-refractivity contribution < 1.29 is 40.7 Å². The molecule has 0 saturated heterocycles. The predicted octanol–water partition coefficient (Wildman–Crippen LogP) is 5.64. The lowest BCUT2D eigenvalue weighted by molar-refractivity contribution is -0.167. The molecule has 0 heterocycles. The summed E-state index contributed by atoms with van der Waals surface area (Å²) in [6, 6.07) is 2.62. The van der Waals surface area contributed by atoms with Gasteiger partial charge < -0.3 is 16.0 Å². The third-order valence-electron chi connectivity index (χ3n) is 4.52. The molecule has 2 aromatic rings. The second-order valence-corrected chi connectivity index (χ2v) is 8.94. The molecule has 6 nitrogen and oxygen atoms in total. The average Bonchev–Trinajstić information content (AvgIpc) is 3.37. The molecule has 0 spiro atoms. The van der Waals surface area contributed by atoms with E-state index < -0.39 is 73.6 Å². The van der Waals surface area contributed by atoms with E-state index in [1.807, 2.05) is 0 Å². The molecule has 0 radical (unpaired) electrons. The van der Waals surface area contributed by atoms with Crippen molar-refractivity contribution in [1.29, 1.82) is 0 Å². The lowest BCUT2D eigenvalue weighted by atomic mass is 10.1. The Kier molecular flexibility index (Phi) is 6.98. The normalized spacial score (nSPS) is 16.6. The third kappa shape index (κ3) is 5.50. The highest BCUT2D eigenvalue weighted by Gasteiger charge is 2.56. The number of hydrogen-bond acceptors (Lipinski definition) is 3. The fraction of sp³-hybridized carbons (Fsp3) is 0.211. The highest BCUT2D eigenvalue weighted by atomic mass is 35.5. The van der Waals surface area contributed by atoms with Crippen molar-refractivity contribution in [3.8, 4) is 0 Å². The van der Waals surface area contributed by atoms with Crippen LogP contribution in [0.1, 0.15) is 16.8 Å². The lowest BCUT2D eigenvalue weighted by Gasteiger charge is -2.14. The van der Waals surface area contributed by atoms with Crippen LogP contribution in [0.25, 0.3) is 0 Å². The van der Waals surface area contributed by atoms with Gasteiger partial charge in [-0.2, -0.15) is 13.2 Å². The van der Waals surface area contributed by atoms with Crippen molar-refractivity contribution in [1.82, 2.24) is 0 Å². The Morgan fingerprint density at radius 2 is 1.59 bits per heavy atom. The number of nitrogens with one attached hydrogen (secondary N) is 3. The molecule has 0 aromatic heterocycles.